The van der Waals surface area contributed by atoms with E-state index in [4.69, 9.17) is 0 Å². The Bertz CT molecular complexity index is 1070. The molecule has 0 atom stereocenters. The summed E-state index contributed by atoms with van der Waals surface area (Å²) in [4.78, 5) is 29.9. The van der Waals surface area contributed by atoms with Crippen molar-refractivity contribution < 1.29 is 9.18 Å². The van der Waals surface area contributed by atoms with Gasteiger partial charge >= 0.3 is 0 Å². The molecule has 0 saturated heterocycles. The Morgan fingerprint density at radius 1 is 1.14 bits per heavy atom. The fourth-order valence-electron chi connectivity index (χ4n) is 2.79. The number of hydrogen-bond acceptors (Lipinski definition) is 4. The second kappa shape index (κ2) is 8.78. The van der Waals surface area contributed by atoms with E-state index < -0.39 is 0 Å². The summed E-state index contributed by atoms with van der Waals surface area (Å²) < 4.78 is 14.8. The van der Waals surface area contributed by atoms with Crippen LogP contribution in [-0.2, 0) is 4.79 Å². The molecule has 2 aromatic carbocycles. The number of benzene rings is 2. The number of halogens is 1. The SMILES string of the molecule is CC(C)(C)CCNC(=O)CSc1nc2ccccc2c(=O)n1-c1ccc(F)cc1. The van der Waals surface area contributed by atoms with E-state index in [9.17, 15) is 14.0 Å². The number of hydrogen-bond donors (Lipinski definition) is 1. The van der Waals surface area contributed by atoms with Crippen molar-refractivity contribution in [2.45, 2.75) is 32.3 Å². The molecule has 5 nitrogen and oxygen atoms in total. The van der Waals surface area contributed by atoms with Crippen molar-refractivity contribution in [2.75, 3.05) is 12.3 Å². The summed E-state index contributed by atoms with van der Waals surface area (Å²) >= 11 is 1.19. The van der Waals surface area contributed by atoms with E-state index >= 15 is 0 Å². The number of para-hydroxylation sites is 1. The number of carbonyl (C=O) groups excluding carboxylic acids is 1. The van der Waals surface area contributed by atoms with E-state index in [0.29, 0.717) is 28.3 Å². The van der Waals surface area contributed by atoms with Gasteiger partial charge in [-0.15, -0.1) is 0 Å². The van der Waals surface area contributed by atoms with Crippen LogP contribution in [0.1, 0.15) is 27.2 Å². The lowest BCUT2D eigenvalue weighted by atomic mass is 9.92. The number of thioether (sulfide) groups is 1. The molecule has 0 radical (unpaired) electrons. The van der Waals surface area contributed by atoms with Gasteiger partial charge in [-0.25, -0.2) is 9.37 Å². The van der Waals surface area contributed by atoms with Crippen LogP contribution in [0.4, 0.5) is 4.39 Å². The standard InChI is InChI=1S/C22H24FN3O2S/c1-22(2,3)12-13-24-19(27)14-29-21-25-18-7-5-4-6-17(18)20(28)26(21)16-10-8-15(23)9-11-16/h4-11H,12-14H2,1-3H3,(H,24,27). The lowest BCUT2D eigenvalue weighted by molar-refractivity contribution is -0.118. The molecule has 1 N–H and O–H groups in total. The molecule has 0 fully saturated rings. The van der Waals surface area contributed by atoms with Crippen LogP contribution in [0.3, 0.4) is 0 Å². The topological polar surface area (TPSA) is 64.0 Å². The molecule has 1 aromatic heterocycles. The Labute approximate surface area is 173 Å². The van der Waals surface area contributed by atoms with Gasteiger partial charge in [0.25, 0.3) is 5.56 Å². The Morgan fingerprint density at radius 3 is 2.52 bits per heavy atom. The van der Waals surface area contributed by atoms with Crippen molar-refractivity contribution in [1.29, 1.82) is 0 Å². The average Bonchev–Trinajstić information content (AvgIpc) is 2.66. The number of rotatable bonds is 6. The quantitative estimate of drug-likeness (QED) is 0.487. The average molecular weight is 414 g/mol. The fourth-order valence-corrected chi connectivity index (χ4v) is 3.63. The minimum Gasteiger partial charge on any atom is -0.355 e. The molecule has 3 rings (SSSR count). The van der Waals surface area contributed by atoms with Gasteiger partial charge in [0, 0.05) is 6.54 Å². The molecule has 0 bridgehead atoms. The van der Waals surface area contributed by atoms with E-state index in [2.05, 4.69) is 31.1 Å². The van der Waals surface area contributed by atoms with E-state index in [1.165, 1.54) is 40.6 Å². The molecule has 1 heterocycles. The van der Waals surface area contributed by atoms with Crippen molar-refractivity contribution in [2.24, 2.45) is 5.41 Å². The normalized spacial score (nSPS) is 11.6. The number of amides is 1. The third-order valence-corrected chi connectivity index (χ3v) is 5.30. The third kappa shape index (κ3) is 5.44. The molecule has 0 unspecified atom stereocenters. The van der Waals surface area contributed by atoms with Gasteiger partial charge in [0.05, 0.1) is 22.3 Å². The Morgan fingerprint density at radius 2 is 1.83 bits per heavy atom. The van der Waals surface area contributed by atoms with Crippen LogP contribution >= 0.6 is 11.8 Å². The summed E-state index contributed by atoms with van der Waals surface area (Å²) in [5.74, 6) is -0.369. The van der Waals surface area contributed by atoms with E-state index in [-0.39, 0.29) is 28.5 Å². The third-order valence-electron chi connectivity index (χ3n) is 4.36. The molecular weight excluding hydrogens is 389 g/mol. The zero-order valence-electron chi connectivity index (χ0n) is 16.7. The second-order valence-corrected chi connectivity index (χ2v) is 8.92. The molecule has 0 aliphatic carbocycles. The van der Waals surface area contributed by atoms with E-state index in [0.717, 1.165) is 6.42 Å². The first kappa shape index (κ1) is 21.0. The predicted octanol–water partition coefficient (Wildman–Crippen LogP) is 4.17. The molecular formula is C22H24FN3O2S. The largest absolute Gasteiger partial charge is 0.355 e. The van der Waals surface area contributed by atoms with Crippen LogP contribution in [0.25, 0.3) is 16.6 Å². The van der Waals surface area contributed by atoms with Gasteiger partial charge in [-0.3, -0.25) is 14.2 Å². The molecule has 29 heavy (non-hydrogen) atoms. The van der Waals surface area contributed by atoms with Crippen molar-refractivity contribution in [1.82, 2.24) is 14.9 Å². The van der Waals surface area contributed by atoms with Crippen LogP contribution in [0.15, 0.2) is 58.5 Å². The smallest absolute Gasteiger partial charge is 0.266 e. The fraction of sp³-hybridized carbons (Fsp3) is 0.318. The highest BCUT2D eigenvalue weighted by Gasteiger charge is 2.15. The van der Waals surface area contributed by atoms with Crippen molar-refractivity contribution >= 4 is 28.6 Å². The van der Waals surface area contributed by atoms with Gasteiger partial charge in [0.15, 0.2) is 5.16 Å². The van der Waals surface area contributed by atoms with Crippen molar-refractivity contribution in [3.63, 3.8) is 0 Å². The van der Waals surface area contributed by atoms with E-state index in [1.807, 2.05) is 6.07 Å². The Balaban J connectivity index is 1.88. The number of fused-ring (bicyclic) bond motifs is 1. The summed E-state index contributed by atoms with van der Waals surface area (Å²) in [7, 11) is 0. The van der Waals surface area contributed by atoms with Crippen LogP contribution in [-0.4, -0.2) is 27.8 Å². The van der Waals surface area contributed by atoms with Gasteiger partial charge in [-0.2, -0.15) is 0 Å². The van der Waals surface area contributed by atoms with Gasteiger partial charge in [0.1, 0.15) is 5.82 Å². The highest BCUT2D eigenvalue weighted by molar-refractivity contribution is 7.99. The summed E-state index contributed by atoms with van der Waals surface area (Å²) in [6.45, 7) is 6.95. The summed E-state index contributed by atoms with van der Waals surface area (Å²) in [5, 5.41) is 3.77. The molecule has 3 aromatic rings. The number of nitrogens with zero attached hydrogens (tertiary/aromatic N) is 2. The first-order chi connectivity index (χ1) is 13.7. The highest BCUT2D eigenvalue weighted by Crippen LogP contribution is 2.22. The summed E-state index contributed by atoms with van der Waals surface area (Å²) in [6.07, 6.45) is 0.873. The summed E-state index contributed by atoms with van der Waals surface area (Å²) in [6, 6.07) is 12.7. The van der Waals surface area contributed by atoms with Crippen LogP contribution in [0.2, 0.25) is 0 Å². The van der Waals surface area contributed by atoms with Crippen molar-refractivity contribution in [3.8, 4) is 5.69 Å². The van der Waals surface area contributed by atoms with Gasteiger partial charge < -0.3 is 5.32 Å². The zero-order chi connectivity index (χ0) is 21.0. The van der Waals surface area contributed by atoms with Gasteiger partial charge in [-0.05, 0) is 48.2 Å². The van der Waals surface area contributed by atoms with Crippen molar-refractivity contribution in [3.05, 3.63) is 64.7 Å². The molecule has 0 aliphatic heterocycles. The molecule has 7 heteroatoms. The molecule has 0 saturated carbocycles. The number of carbonyl (C=O) groups is 1. The number of nitrogens with one attached hydrogen (secondary N) is 1. The zero-order valence-corrected chi connectivity index (χ0v) is 17.6. The van der Waals surface area contributed by atoms with Crippen LogP contribution < -0.4 is 10.9 Å². The van der Waals surface area contributed by atoms with E-state index in [1.54, 1.807) is 18.2 Å². The van der Waals surface area contributed by atoms with Gasteiger partial charge in [0.2, 0.25) is 5.91 Å². The first-order valence-corrected chi connectivity index (χ1v) is 10.4. The first-order valence-electron chi connectivity index (χ1n) is 9.42. The minimum atomic E-state index is -0.386. The molecule has 0 aliphatic rings. The van der Waals surface area contributed by atoms with Crippen LogP contribution in [0, 0.1) is 11.2 Å². The van der Waals surface area contributed by atoms with Gasteiger partial charge in [-0.1, -0.05) is 44.7 Å². The monoisotopic (exact) mass is 413 g/mol. The lowest BCUT2D eigenvalue weighted by Gasteiger charge is -2.18. The Kier molecular flexibility index (Phi) is 6.37. The molecule has 0 spiro atoms. The second-order valence-electron chi connectivity index (χ2n) is 7.98. The Hall–Kier alpha value is -2.67. The highest BCUT2D eigenvalue weighted by atomic mass is 32.2. The predicted molar refractivity (Wildman–Crippen MR) is 115 cm³/mol. The minimum absolute atomic E-state index is 0.118. The maximum Gasteiger partial charge on any atom is 0.266 e. The molecule has 1 amide bonds. The number of aromatic nitrogens is 2. The summed E-state index contributed by atoms with van der Waals surface area (Å²) in [5.41, 5.74) is 0.957. The maximum absolute atomic E-state index is 13.4. The maximum atomic E-state index is 13.4. The molecule has 152 valence electrons. The van der Waals surface area contributed by atoms with Crippen LogP contribution in [0.5, 0.6) is 0 Å². The lowest BCUT2D eigenvalue weighted by Crippen LogP contribution is -2.29.